The Morgan fingerprint density at radius 3 is 2.64 bits per heavy atom. The molecule has 0 saturated carbocycles. The second-order valence-corrected chi connectivity index (χ2v) is 3.45. The van der Waals surface area contributed by atoms with Crippen molar-refractivity contribution in [2.75, 3.05) is 19.6 Å². The fourth-order valence-corrected chi connectivity index (χ4v) is 1.47. The summed E-state index contributed by atoms with van der Waals surface area (Å²) >= 11 is 0. The highest BCUT2D eigenvalue weighted by Crippen LogP contribution is 2.18. The van der Waals surface area contributed by atoms with Crippen LogP contribution >= 0.6 is 0 Å². The normalized spacial score (nSPS) is 25.0. The molecular formula is C8H12F3NO2. The highest BCUT2D eigenvalue weighted by molar-refractivity contribution is 5.85. The number of rotatable bonds is 2. The van der Waals surface area contributed by atoms with Crippen LogP contribution in [0.25, 0.3) is 0 Å². The molecule has 1 heterocycles. The summed E-state index contributed by atoms with van der Waals surface area (Å²) in [7, 11) is 0. The second kappa shape index (κ2) is 4.27. The van der Waals surface area contributed by atoms with Gasteiger partial charge in [-0.2, -0.15) is 13.2 Å². The topological polar surface area (TPSA) is 40.5 Å². The van der Waals surface area contributed by atoms with Gasteiger partial charge in [0, 0.05) is 6.54 Å². The van der Waals surface area contributed by atoms with Gasteiger partial charge in [0.1, 0.15) is 0 Å². The zero-order chi connectivity index (χ0) is 10.8. The summed E-state index contributed by atoms with van der Waals surface area (Å²) in [5.41, 5.74) is 0. The number of aliphatic hydroxyl groups excluding tert-OH is 1. The molecule has 1 N–H and O–H groups in total. The fourth-order valence-electron chi connectivity index (χ4n) is 1.47. The predicted molar refractivity (Wildman–Crippen MR) is 42.7 cm³/mol. The third-order valence-corrected chi connectivity index (χ3v) is 2.16. The highest BCUT2D eigenvalue weighted by atomic mass is 19.4. The molecule has 0 aromatic carbocycles. The van der Waals surface area contributed by atoms with Crippen molar-refractivity contribution < 1.29 is 23.1 Å². The number of hydrogen-bond acceptors (Lipinski definition) is 3. The van der Waals surface area contributed by atoms with Gasteiger partial charge in [0.05, 0.1) is 12.6 Å². The van der Waals surface area contributed by atoms with Crippen LogP contribution < -0.4 is 0 Å². The molecule has 0 aromatic heterocycles. The van der Waals surface area contributed by atoms with Crippen LogP contribution in [0.15, 0.2) is 0 Å². The average Bonchev–Trinajstić information content (AvgIpc) is 2.02. The molecule has 1 aliphatic rings. The van der Waals surface area contributed by atoms with Crippen molar-refractivity contribution in [3.05, 3.63) is 0 Å². The standard InChI is InChI=1S/C8H12F3NO2/c9-8(10,11)7(14)5-12-3-1-2-6(13)4-12/h6,13H,1-5H2/t6-/m0/s1. The molecule has 1 aliphatic heterocycles. The van der Waals surface area contributed by atoms with E-state index in [0.29, 0.717) is 19.4 Å². The molecule has 1 rings (SSSR count). The number of ketones is 1. The Bertz CT molecular complexity index is 217. The molecule has 0 bridgehead atoms. The van der Waals surface area contributed by atoms with Crippen molar-refractivity contribution in [2.24, 2.45) is 0 Å². The molecule has 0 unspecified atom stereocenters. The number of carbonyl (C=O) groups is 1. The largest absolute Gasteiger partial charge is 0.451 e. The zero-order valence-corrected chi connectivity index (χ0v) is 7.55. The van der Waals surface area contributed by atoms with E-state index in [1.807, 2.05) is 0 Å². The zero-order valence-electron chi connectivity index (χ0n) is 7.55. The van der Waals surface area contributed by atoms with Crippen molar-refractivity contribution in [1.82, 2.24) is 4.90 Å². The maximum atomic E-state index is 11.9. The molecular weight excluding hydrogens is 199 g/mol. The lowest BCUT2D eigenvalue weighted by Gasteiger charge is -2.29. The highest BCUT2D eigenvalue weighted by Gasteiger charge is 2.39. The lowest BCUT2D eigenvalue weighted by Crippen LogP contribution is -2.44. The molecule has 0 spiro atoms. The van der Waals surface area contributed by atoms with E-state index in [9.17, 15) is 18.0 Å². The molecule has 0 aromatic rings. The van der Waals surface area contributed by atoms with Crippen LogP contribution in [0.2, 0.25) is 0 Å². The number of aliphatic hydroxyl groups is 1. The van der Waals surface area contributed by atoms with E-state index >= 15 is 0 Å². The number of hydrogen-bond donors (Lipinski definition) is 1. The number of likely N-dealkylation sites (tertiary alicyclic amines) is 1. The van der Waals surface area contributed by atoms with Crippen molar-refractivity contribution in [1.29, 1.82) is 0 Å². The number of β-amino-alcohol motifs (C(OH)–C–C–N with tert-alkyl or cyclic N) is 1. The van der Waals surface area contributed by atoms with Gasteiger partial charge >= 0.3 is 6.18 Å². The van der Waals surface area contributed by atoms with Gasteiger partial charge in [-0.1, -0.05) is 0 Å². The van der Waals surface area contributed by atoms with Gasteiger partial charge in [0.2, 0.25) is 5.78 Å². The van der Waals surface area contributed by atoms with Gasteiger partial charge in [-0.25, -0.2) is 0 Å². The summed E-state index contributed by atoms with van der Waals surface area (Å²) in [5, 5.41) is 9.16. The van der Waals surface area contributed by atoms with Crippen molar-refractivity contribution in [3.8, 4) is 0 Å². The van der Waals surface area contributed by atoms with Crippen molar-refractivity contribution >= 4 is 5.78 Å². The number of piperidine rings is 1. The molecule has 0 aliphatic carbocycles. The third-order valence-electron chi connectivity index (χ3n) is 2.16. The number of alkyl halides is 3. The van der Waals surface area contributed by atoms with E-state index in [-0.39, 0.29) is 6.54 Å². The Morgan fingerprint density at radius 2 is 2.14 bits per heavy atom. The van der Waals surface area contributed by atoms with Crippen LogP contribution in [-0.4, -0.2) is 47.7 Å². The Balaban J connectivity index is 2.40. The molecule has 14 heavy (non-hydrogen) atoms. The number of carbonyl (C=O) groups excluding carboxylic acids is 1. The monoisotopic (exact) mass is 211 g/mol. The van der Waals surface area contributed by atoms with Crippen LogP contribution in [0.5, 0.6) is 0 Å². The molecule has 0 radical (unpaired) electrons. The van der Waals surface area contributed by atoms with Crippen molar-refractivity contribution in [2.45, 2.75) is 25.1 Å². The second-order valence-electron chi connectivity index (χ2n) is 3.45. The molecule has 3 nitrogen and oxygen atoms in total. The van der Waals surface area contributed by atoms with E-state index in [0.717, 1.165) is 0 Å². The summed E-state index contributed by atoms with van der Waals surface area (Å²) in [4.78, 5) is 11.9. The van der Waals surface area contributed by atoms with Gasteiger partial charge in [0.15, 0.2) is 0 Å². The molecule has 1 saturated heterocycles. The summed E-state index contributed by atoms with van der Waals surface area (Å²) in [5.74, 6) is -1.74. The van der Waals surface area contributed by atoms with Crippen LogP contribution in [0.3, 0.4) is 0 Å². The molecule has 1 atom stereocenters. The Labute approximate surface area is 79.5 Å². The van der Waals surface area contributed by atoms with Crippen molar-refractivity contribution in [3.63, 3.8) is 0 Å². The summed E-state index contributed by atoms with van der Waals surface area (Å²) in [6.07, 6.45) is -4.14. The van der Waals surface area contributed by atoms with Crippen LogP contribution in [0.1, 0.15) is 12.8 Å². The summed E-state index contributed by atoms with van der Waals surface area (Å²) < 4.78 is 35.6. The maximum Gasteiger partial charge on any atom is 0.451 e. The maximum absolute atomic E-state index is 11.9. The van der Waals surface area contributed by atoms with Crippen LogP contribution in [-0.2, 0) is 4.79 Å². The van der Waals surface area contributed by atoms with E-state index in [1.165, 1.54) is 4.90 Å². The first kappa shape index (κ1) is 11.5. The minimum Gasteiger partial charge on any atom is -0.392 e. The molecule has 82 valence electrons. The lowest BCUT2D eigenvalue weighted by molar-refractivity contribution is -0.172. The van der Waals surface area contributed by atoms with E-state index in [4.69, 9.17) is 5.11 Å². The quantitative estimate of drug-likeness (QED) is 0.726. The molecule has 0 amide bonds. The van der Waals surface area contributed by atoms with Gasteiger partial charge in [-0.05, 0) is 19.4 Å². The van der Waals surface area contributed by atoms with Gasteiger partial charge in [0.25, 0.3) is 0 Å². The third kappa shape index (κ3) is 3.26. The first-order valence-corrected chi connectivity index (χ1v) is 4.40. The minimum atomic E-state index is -4.76. The minimum absolute atomic E-state index is 0.155. The Kier molecular flexibility index (Phi) is 3.49. The Morgan fingerprint density at radius 1 is 1.50 bits per heavy atom. The number of nitrogens with zero attached hydrogens (tertiary/aromatic N) is 1. The SMILES string of the molecule is O=C(CN1CCC[C@H](O)C1)C(F)(F)F. The van der Waals surface area contributed by atoms with E-state index in [1.54, 1.807) is 0 Å². The van der Waals surface area contributed by atoms with Gasteiger partial charge < -0.3 is 5.11 Å². The first-order valence-electron chi connectivity index (χ1n) is 4.40. The first-order chi connectivity index (χ1) is 6.39. The predicted octanol–water partition coefficient (Wildman–Crippen LogP) is 0.575. The van der Waals surface area contributed by atoms with Gasteiger partial charge in [-0.3, -0.25) is 9.69 Å². The fraction of sp³-hybridized carbons (Fsp3) is 0.875. The number of Topliss-reactive ketones (excluding diaryl/α,β-unsaturated/α-hetero) is 1. The van der Waals surface area contributed by atoms with E-state index in [2.05, 4.69) is 0 Å². The summed E-state index contributed by atoms with van der Waals surface area (Å²) in [6.45, 7) is -0.0404. The Hall–Kier alpha value is -0.620. The molecule has 1 fully saturated rings. The lowest BCUT2D eigenvalue weighted by atomic mass is 10.1. The smallest absolute Gasteiger partial charge is 0.392 e. The summed E-state index contributed by atoms with van der Waals surface area (Å²) in [6, 6.07) is 0. The van der Waals surface area contributed by atoms with E-state index < -0.39 is 24.6 Å². The number of halogens is 3. The van der Waals surface area contributed by atoms with Crippen LogP contribution in [0.4, 0.5) is 13.2 Å². The van der Waals surface area contributed by atoms with Gasteiger partial charge in [-0.15, -0.1) is 0 Å². The average molecular weight is 211 g/mol. The van der Waals surface area contributed by atoms with Crippen LogP contribution in [0, 0.1) is 0 Å². The molecule has 6 heteroatoms.